The Bertz CT molecular complexity index is 1160. The molecular weight excluding hydrogens is 380 g/mol. The second-order valence-corrected chi connectivity index (χ2v) is 7.05. The molecule has 1 amide bonds. The van der Waals surface area contributed by atoms with Gasteiger partial charge in [0.2, 0.25) is 5.91 Å². The number of hydrogen-bond donors (Lipinski definition) is 3. The van der Waals surface area contributed by atoms with Crippen molar-refractivity contribution < 1.29 is 14.6 Å². The monoisotopic (exact) mass is 402 g/mol. The van der Waals surface area contributed by atoms with E-state index in [0.717, 1.165) is 34.9 Å². The first-order valence-corrected chi connectivity index (χ1v) is 9.71. The third-order valence-electron chi connectivity index (χ3n) is 4.97. The molecule has 1 aliphatic carbocycles. The van der Waals surface area contributed by atoms with E-state index in [1.165, 1.54) is 0 Å². The van der Waals surface area contributed by atoms with Gasteiger partial charge in [0.25, 0.3) is 0 Å². The van der Waals surface area contributed by atoms with Gasteiger partial charge in [0.05, 0.1) is 25.0 Å². The van der Waals surface area contributed by atoms with E-state index in [1.807, 2.05) is 24.3 Å². The maximum absolute atomic E-state index is 12.2. The number of pyridine rings is 2. The average Bonchev–Trinajstić information content (AvgIpc) is 3.63. The minimum atomic E-state index is -0.261. The lowest BCUT2D eigenvalue weighted by Gasteiger charge is -2.12. The van der Waals surface area contributed by atoms with Crippen molar-refractivity contribution in [3.63, 3.8) is 0 Å². The Kier molecular flexibility index (Phi) is 5.50. The van der Waals surface area contributed by atoms with Crippen LogP contribution in [-0.2, 0) is 11.4 Å². The van der Waals surface area contributed by atoms with Crippen LogP contribution in [0.3, 0.4) is 0 Å². The highest BCUT2D eigenvalue weighted by Gasteiger charge is 2.29. The standard InChI is InChI=1S/C23H22N4O3/c1-24-22-19-12-25-21(27-23(29)15-6-7-15)11-18(19)17(20(13-28)26-22)10-5-14-3-8-16(30-2)9-4-14/h3-4,8-9,11-12,15,28H,6-7,13H2,1-2H3,(H,24,26)(H,25,27,29). The normalized spacial score (nSPS) is 12.8. The molecule has 30 heavy (non-hydrogen) atoms. The van der Waals surface area contributed by atoms with Gasteiger partial charge in [-0.1, -0.05) is 11.8 Å². The summed E-state index contributed by atoms with van der Waals surface area (Å²) in [5, 5.41) is 17.3. The van der Waals surface area contributed by atoms with Crippen LogP contribution in [0.15, 0.2) is 36.5 Å². The number of ether oxygens (including phenoxy) is 1. The summed E-state index contributed by atoms with van der Waals surface area (Å²) in [5.74, 6) is 8.14. The molecule has 0 atom stereocenters. The van der Waals surface area contributed by atoms with Gasteiger partial charge < -0.3 is 20.5 Å². The van der Waals surface area contributed by atoms with Crippen LogP contribution >= 0.6 is 0 Å². The number of aromatic nitrogens is 2. The number of aliphatic hydroxyl groups is 1. The lowest BCUT2D eigenvalue weighted by Crippen LogP contribution is -2.14. The molecule has 1 fully saturated rings. The Morgan fingerprint density at radius 1 is 1.23 bits per heavy atom. The van der Waals surface area contributed by atoms with Crippen molar-refractivity contribution in [3.05, 3.63) is 53.3 Å². The Hall–Kier alpha value is -3.63. The van der Waals surface area contributed by atoms with E-state index < -0.39 is 0 Å². The number of anilines is 2. The lowest BCUT2D eigenvalue weighted by atomic mass is 10.0. The molecule has 3 aromatic rings. The predicted octanol–water partition coefficient (Wildman–Crippen LogP) is 2.92. The molecule has 1 saturated carbocycles. The molecule has 2 heterocycles. The van der Waals surface area contributed by atoms with Crippen LogP contribution in [0.4, 0.5) is 11.6 Å². The first-order chi connectivity index (χ1) is 14.6. The van der Waals surface area contributed by atoms with Crippen LogP contribution in [0.5, 0.6) is 5.75 Å². The van der Waals surface area contributed by atoms with Gasteiger partial charge in [0.1, 0.15) is 17.4 Å². The van der Waals surface area contributed by atoms with Gasteiger partial charge in [-0.25, -0.2) is 9.97 Å². The number of carbonyl (C=O) groups is 1. The number of aliphatic hydroxyl groups excluding tert-OH is 1. The van der Waals surface area contributed by atoms with Crippen molar-refractivity contribution in [1.82, 2.24) is 9.97 Å². The maximum Gasteiger partial charge on any atom is 0.228 e. The van der Waals surface area contributed by atoms with Gasteiger partial charge in [-0.05, 0) is 43.2 Å². The molecule has 0 unspecified atom stereocenters. The van der Waals surface area contributed by atoms with Crippen molar-refractivity contribution in [2.45, 2.75) is 19.4 Å². The molecular formula is C23H22N4O3. The number of nitrogens with zero attached hydrogens (tertiary/aromatic N) is 2. The zero-order valence-corrected chi connectivity index (χ0v) is 16.8. The number of benzene rings is 1. The zero-order chi connectivity index (χ0) is 21.1. The number of hydrogen-bond acceptors (Lipinski definition) is 6. The smallest absolute Gasteiger partial charge is 0.228 e. The van der Waals surface area contributed by atoms with Gasteiger partial charge in [-0.15, -0.1) is 0 Å². The van der Waals surface area contributed by atoms with E-state index >= 15 is 0 Å². The number of fused-ring (bicyclic) bond motifs is 1. The second-order valence-electron chi connectivity index (χ2n) is 7.05. The largest absolute Gasteiger partial charge is 0.497 e. The quantitative estimate of drug-likeness (QED) is 0.568. The molecule has 1 aromatic carbocycles. The SMILES string of the molecule is CNc1nc(CO)c(C#Cc2ccc(OC)cc2)c2cc(NC(=O)C3CC3)ncc12. The molecule has 1 aliphatic rings. The summed E-state index contributed by atoms with van der Waals surface area (Å²) in [6.07, 6.45) is 3.50. The third-order valence-corrected chi connectivity index (χ3v) is 4.97. The van der Waals surface area contributed by atoms with Gasteiger partial charge in [-0.3, -0.25) is 4.79 Å². The summed E-state index contributed by atoms with van der Waals surface area (Å²) in [5.41, 5.74) is 1.87. The fourth-order valence-corrected chi connectivity index (χ4v) is 3.15. The fourth-order valence-electron chi connectivity index (χ4n) is 3.15. The van der Waals surface area contributed by atoms with Crippen LogP contribution in [0, 0.1) is 17.8 Å². The second kappa shape index (κ2) is 8.39. The van der Waals surface area contributed by atoms with Crippen LogP contribution < -0.4 is 15.4 Å². The highest BCUT2D eigenvalue weighted by Crippen LogP contribution is 2.31. The molecule has 2 aromatic heterocycles. The van der Waals surface area contributed by atoms with Crippen molar-refractivity contribution in [2.75, 3.05) is 24.8 Å². The Morgan fingerprint density at radius 2 is 2.00 bits per heavy atom. The molecule has 4 rings (SSSR count). The van der Waals surface area contributed by atoms with Crippen LogP contribution in [0.1, 0.15) is 29.7 Å². The predicted molar refractivity (Wildman–Crippen MR) is 115 cm³/mol. The Morgan fingerprint density at radius 3 is 2.63 bits per heavy atom. The molecule has 0 spiro atoms. The number of nitrogens with one attached hydrogen (secondary N) is 2. The minimum Gasteiger partial charge on any atom is -0.497 e. The van der Waals surface area contributed by atoms with Gasteiger partial charge in [-0.2, -0.15) is 0 Å². The number of rotatable bonds is 5. The number of carbonyl (C=O) groups excluding carboxylic acids is 1. The van der Waals surface area contributed by atoms with Crippen molar-refractivity contribution >= 4 is 28.3 Å². The molecule has 152 valence electrons. The third kappa shape index (κ3) is 4.04. The maximum atomic E-state index is 12.2. The van der Waals surface area contributed by atoms with Crippen molar-refractivity contribution in [3.8, 4) is 17.6 Å². The van der Waals surface area contributed by atoms with E-state index in [0.29, 0.717) is 22.9 Å². The van der Waals surface area contributed by atoms with Crippen molar-refractivity contribution in [2.24, 2.45) is 5.92 Å². The topological polar surface area (TPSA) is 96.4 Å². The van der Waals surface area contributed by atoms with E-state index in [4.69, 9.17) is 4.74 Å². The summed E-state index contributed by atoms with van der Waals surface area (Å²) in [7, 11) is 3.37. The van der Waals surface area contributed by atoms with Crippen LogP contribution in [-0.4, -0.2) is 35.1 Å². The zero-order valence-electron chi connectivity index (χ0n) is 16.8. The van der Waals surface area contributed by atoms with Gasteiger partial charge in [0.15, 0.2) is 0 Å². The van der Waals surface area contributed by atoms with Gasteiger partial charge in [0, 0.05) is 35.5 Å². The lowest BCUT2D eigenvalue weighted by molar-refractivity contribution is -0.117. The highest BCUT2D eigenvalue weighted by atomic mass is 16.5. The highest BCUT2D eigenvalue weighted by molar-refractivity contribution is 6.00. The minimum absolute atomic E-state index is 0.0157. The first kappa shape index (κ1) is 19.7. The van der Waals surface area contributed by atoms with E-state index in [9.17, 15) is 9.90 Å². The molecule has 0 radical (unpaired) electrons. The Labute approximate surface area is 174 Å². The van der Waals surface area contributed by atoms with Crippen molar-refractivity contribution in [1.29, 1.82) is 0 Å². The molecule has 0 saturated heterocycles. The van der Waals surface area contributed by atoms with E-state index in [2.05, 4.69) is 32.4 Å². The van der Waals surface area contributed by atoms with Crippen LogP contribution in [0.2, 0.25) is 0 Å². The summed E-state index contributed by atoms with van der Waals surface area (Å²) < 4.78 is 5.18. The molecule has 0 bridgehead atoms. The van der Waals surface area contributed by atoms with E-state index in [-0.39, 0.29) is 18.4 Å². The summed E-state index contributed by atoms with van der Waals surface area (Å²) in [4.78, 5) is 21.0. The molecule has 7 heteroatoms. The fraction of sp³-hybridized carbons (Fsp3) is 0.261. The van der Waals surface area contributed by atoms with E-state index in [1.54, 1.807) is 26.4 Å². The summed E-state index contributed by atoms with van der Waals surface area (Å²) in [6.45, 7) is -0.261. The Balaban J connectivity index is 1.80. The van der Waals surface area contributed by atoms with Crippen LogP contribution in [0.25, 0.3) is 10.8 Å². The molecule has 7 nitrogen and oxygen atoms in total. The first-order valence-electron chi connectivity index (χ1n) is 9.71. The molecule has 3 N–H and O–H groups in total. The van der Waals surface area contributed by atoms with Gasteiger partial charge >= 0.3 is 0 Å². The average molecular weight is 402 g/mol. The number of methoxy groups -OCH3 is 1. The molecule has 0 aliphatic heterocycles. The summed E-state index contributed by atoms with van der Waals surface area (Å²) >= 11 is 0. The number of amides is 1. The summed E-state index contributed by atoms with van der Waals surface area (Å²) in [6, 6.07) is 9.20.